The van der Waals surface area contributed by atoms with Gasteiger partial charge >= 0.3 is 0 Å². The summed E-state index contributed by atoms with van der Waals surface area (Å²) in [5.74, 6) is 0.746. The predicted molar refractivity (Wildman–Crippen MR) is 79.6 cm³/mol. The number of nitrogens with zero attached hydrogens (tertiary/aromatic N) is 2. The summed E-state index contributed by atoms with van der Waals surface area (Å²) in [6.45, 7) is 2.96. The van der Waals surface area contributed by atoms with E-state index in [-0.39, 0.29) is 11.9 Å². The highest BCUT2D eigenvalue weighted by molar-refractivity contribution is 6.31. The van der Waals surface area contributed by atoms with Gasteiger partial charge in [-0.2, -0.15) is 0 Å². The van der Waals surface area contributed by atoms with Crippen molar-refractivity contribution in [1.82, 2.24) is 14.9 Å². The molecule has 1 atom stereocenters. The third kappa shape index (κ3) is 3.38. The van der Waals surface area contributed by atoms with E-state index in [1.807, 2.05) is 13.2 Å². The van der Waals surface area contributed by atoms with Crippen LogP contribution in [-0.4, -0.2) is 22.6 Å². The number of imidazole rings is 1. The van der Waals surface area contributed by atoms with E-state index in [1.54, 1.807) is 18.3 Å². The number of likely N-dealkylation sites (N-methyl/N-ethyl adjacent to an activating group) is 1. The zero-order valence-electron chi connectivity index (χ0n) is 11.7. The van der Waals surface area contributed by atoms with E-state index in [0.29, 0.717) is 17.0 Å². The van der Waals surface area contributed by atoms with Gasteiger partial charge in [-0.25, -0.2) is 9.37 Å². The normalized spacial score (nSPS) is 12.6. The van der Waals surface area contributed by atoms with Gasteiger partial charge in [0.05, 0.1) is 0 Å². The highest BCUT2D eigenvalue weighted by atomic mass is 35.5. The van der Waals surface area contributed by atoms with Crippen LogP contribution in [0.2, 0.25) is 5.02 Å². The Labute approximate surface area is 123 Å². The van der Waals surface area contributed by atoms with Gasteiger partial charge in [-0.3, -0.25) is 0 Å². The molecule has 2 aromatic rings. The van der Waals surface area contributed by atoms with Crippen LogP contribution in [0.1, 0.15) is 18.3 Å². The van der Waals surface area contributed by atoms with E-state index >= 15 is 0 Å². The molecule has 108 valence electrons. The van der Waals surface area contributed by atoms with Crippen LogP contribution in [0, 0.1) is 5.82 Å². The molecule has 2 rings (SSSR count). The molecule has 0 radical (unpaired) electrons. The summed E-state index contributed by atoms with van der Waals surface area (Å²) in [6, 6.07) is 4.89. The Kier molecular flexibility index (Phi) is 5.15. The number of benzene rings is 1. The van der Waals surface area contributed by atoms with Crippen LogP contribution in [0.25, 0.3) is 0 Å². The average Bonchev–Trinajstić information content (AvgIpc) is 2.88. The maximum Gasteiger partial charge on any atom is 0.127 e. The zero-order valence-corrected chi connectivity index (χ0v) is 12.5. The molecule has 0 saturated carbocycles. The van der Waals surface area contributed by atoms with Gasteiger partial charge in [-0.1, -0.05) is 17.7 Å². The number of rotatable bonds is 6. The molecule has 20 heavy (non-hydrogen) atoms. The fraction of sp³-hybridized carbons (Fsp3) is 0.400. The van der Waals surface area contributed by atoms with Crippen molar-refractivity contribution in [2.45, 2.75) is 32.4 Å². The third-order valence-corrected chi connectivity index (χ3v) is 3.85. The molecule has 0 aliphatic carbocycles. The quantitative estimate of drug-likeness (QED) is 0.887. The van der Waals surface area contributed by atoms with Crippen LogP contribution in [0.5, 0.6) is 0 Å². The molecule has 1 heterocycles. The monoisotopic (exact) mass is 295 g/mol. The third-order valence-electron chi connectivity index (χ3n) is 3.49. The summed E-state index contributed by atoms with van der Waals surface area (Å²) in [4.78, 5) is 4.36. The number of hydrogen-bond acceptors (Lipinski definition) is 2. The van der Waals surface area contributed by atoms with Crippen molar-refractivity contribution in [1.29, 1.82) is 0 Å². The number of hydrogen-bond donors (Lipinski definition) is 1. The second-order valence-corrected chi connectivity index (χ2v) is 5.13. The van der Waals surface area contributed by atoms with Gasteiger partial charge < -0.3 is 9.88 Å². The largest absolute Gasteiger partial charge is 0.335 e. The van der Waals surface area contributed by atoms with Crippen molar-refractivity contribution in [2.24, 2.45) is 0 Å². The standard InChI is InChI=1S/C15H19ClFN3/c1-3-20-8-7-19-15(20)10-11(18-2)9-12-13(16)5-4-6-14(12)17/h4-8,11,18H,3,9-10H2,1-2H3. The maximum atomic E-state index is 13.8. The molecule has 5 heteroatoms. The molecule has 0 fully saturated rings. The van der Waals surface area contributed by atoms with E-state index in [9.17, 15) is 4.39 Å². The van der Waals surface area contributed by atoms with Crippen LogP contribution in [-0.2, 0) is 19.4 Å². The lowest BCUT2D eigenvalue weighted by Crippen LogP contribution is -2.31. The minimum absolute atomic E-state index is 0.0945. The van der Waals surface area contributed by atoms with Gasteiger partial charge in [-0.15, -0.1) is 0 Å². The Bertz CT molecular complexity index is 548. The van der Waals surface area contributed by atoms with Gasteiger partial charge in [-0.05, 0) is 32.5 Å². The first kappa shape index (κ1) is 15.0. The minimum atomic E-state index is -0.253. The van der Waals surface area contributed by atoms with Crippen molar-refractivity contribution in [2.75, 3.05) is 7.05 Å². The number of nitrogens with one attached hydrogen (secondary N) is 1. The molecule has 3 nitrogen and oxygen atoms in total. The molecule has 0 aliphatic heterocycles. The molecule has 0 aliphatic rings. The highest BCUT2D eigenvalue weighted by Crippen LogP contribution is 2.21. The van der Waals surface area contributed by atoms with Crippen LogP contribution >= 0.6 is 11.6 Å². The summed E-state index contributed by atoms with van der Waals surface area (Å²) in [7, 11) is 1.87. The maximum absolute atomic E-state index is 13.8. The van der Waals surface area contributed by atoms with E-state index in [0.717, 1.165) is 18.8 Å². The van der Waals surface area contributed by atoms with Crippen LogP contribution < -0.4 is 5.32 Å². The summed E-state index contributed by atoms with van der Waals surface area (Å²) in [6.07, 6.45) is 5.03. The van der Waals surface area contributed by atoms with E-state index in [1.165, 1.54) is 6.07 Å². The molecular weight excluding hydrogens is 277 g/mol. The van der Waals surface area contributed by atoms with Crippen molar-refractivity contribution >= 4 is 11.6 Å². The fourth-order valence-electron chi connectivity index (χ4n) is 2.29. The SMILES string of the molecule is CCn1ccnc1CC(Cc1c(F)cccc1Cl)NC. The molecule has 0 bridgehead atoms. The van der Waals surface area contributed by atoms with Crippen LogP contribution in [0.4, 0.5) is 4.39 Å². The first-order valence-electron chi connectivity index (χ1n) is 6.75. The van der Waals surface area contributed by atoms with Crippen molar-refractivity contribution < 1.29 is 4.39 Å². The van der Waals surface area contributed by atoms with Crippen molar-refractivity contribution in [3.05, 3.63) is 52.8 Å². The topological polar surface area (TPSA) is 29.9 Å². The Hall–Kier alpha value is -1.39. The second kappa shape index (κ2) is 6.86. The molecule has 1 aromatic heterocycles. The van der Waals surface area contributed by atoms with E-state index in [2.05, 4.69) is 21.8 Å². The first-order chi connectivity index (χ1) is 9.65. The highest BCUT2D eigenvalue weighted by Gasteiger charge is 2.16. The Morgan fingerprint density at radius 1 is 1.40 bits per heavy atom. The number of aryl methyl sites for hydroxylation is 1. The lowest BCUT2D eigenvalue weighted by molar-refractivity contribution is 0.511. The van der Waals surface area contributed by atoms with Gasteiger partial charge in [0.15, 0.2) is 0 Å². The minimum Gasteiger partial charge on any atom is -0.335 e. The van der Waals surface area contributed by atoms with Gasteiger partial charge in [0.25, 0.3) is 0 Å². The number of aromatic nitrogens is 2. The van der Waals surface area contributed by atoms with E-state index < -0.39 is 0 Å². The van der Waals surface area contributed by atoms with Gasteiger partial charge in [0.1, 0.15) is 11.6 Å². The molecule has 1 aromatic carbocycles. The molecule has 0 amide bonds. The van der Waals surface area contributed by atoms with Crippen molar-refractivity contribution in [3.63, 3.8) is 0 Å². The van der Waals surface area contributed by atoms with E-state index in [4.69, 9.17) is 11.6 Å². The number of halogens is 2. The second-order valence-electron chi connectivity index (χ2n) is 4.72. The Balaban J connectivity index is 2.13. The fourth-order valence-corrected chi connectivity index (χ4v) is 2.53. The van der Waals surface area contributed by atoms with Gasteiger partial charge in [0, 0.05) is 42.0 Å². The lowest BCUT2D eigenvalue weighted by atomic mass is 10.0. The average molecular weight is 296 g/mol. The molecule has 0 spiro atoms. The lowest BCUT2D eigenvalue weighted by Gasteiger charge is -2.17. The summed E-state index contributed by atoms with van der Waals surface area (Å²) in [5, 5.41) is 3.69. The summed E-state index contributed by atoms with van der Waals surface area (Å²) in [5.41, 5.74) is 0.558. The first-order valence-corrected chi connectivity index (χ1v) is 7.13. The molecule has 0 saturated heterocycles. The predicted octanol–water partition coefficient (Wildman–Crippen LogP) is 3.07. The zero-order chi connectivity index (χ0) is 14.5. The Morgan fingerprint density at radius 2 is 2.20 bits per heavy atom. The molecular formula is C15H19ClFN3. The smallest absolute Gasteiger partial charge is 0.127 e. The Morgan fingerprint density at radius 3 is 2.85 bits per heavy atom. The van der Waals surface area contributed by atoms with Crippen LogP contribution in [0.3, 0.4) is 0 Å². The molecule has 1 unspecified atom stereocenters. The van der Waals surface area contributed by atoms with Gasteiger partial charge in [0.2, 0.25) is 0 Å². The van der Waals surface area contributed by atoms with Crippen molar-refractivity contribution in [3.8, 4) is 0 Å². The van der Waals surface area contributed by atoms with Crippen LogP contribution in [0.15, 0.2) is 30.6 Å². The summed E-state index contributed by atoms with van der Waals surface area (Å²) < 4.78 is 15.9. The summed E-state index contributed by atoms with van der Waals surface area (Å²) >= 11 is 6.08. The molecule has 1 N–H and O–H groups in total.